The van der Waals surface area contributed by atoms with Gasteiger partial charge in [-0.3, -0.25) is 0 Å². The molecule has 0 spiro atoms. The van der Waals surface area contributed by atoms with Crippen LogP contribution in [0.5, 0.6) is 5.75 Å². The molecule has 0 heterocycles. The maximum Gasteiger partial charge on any atom is 0.119 e. The largest absolute Gasteiger partial charge is 0.497 e. The van der Waals surface area contributed by atoms with Crippen LogP contribution < -0.4 is 10.2 Å². The molecule has 0 atom stereocenters. The summed E-state index contributed by atoms with van der Waals surface area (Å²) in [6.45, 7) is 1.95. The van der Waals surface area contributed by atoms with Gasteiger partial charge in [0, 0.05) is 12.6 Å². The Morgan fingerprint density at radius 1 is 1.46 bits per heavy atom. The van der Waals surface area contributed by atoms with Crippen LogP contribution >= 0.6 is 0 Å². The molecule has 3 nitrogen and oxygen atoms in total. The molecule has 13 heavy (non-hydrogen) atoms. The first-order valence-corrected chi connectivity index (χ1v) is 4.13. The molecule has 1 N–H and O–H groups in total. The van der Waals surface area contributed by atoms with E-state index < -0.39 is 0 Å². The summed E-state index contributed by atoms with van der Waals surface area (Å²) in [7, 11) is 3.44. The summed E-state index contributed by atoms with van der Waals surface area (Å²) in [6.07, 6.45) is 0. The number of hydrogen-bond acceptors (Lipinski definition) is 3. The van der Waals surface area contributed by atoms with Gasteiger partial charge in [-0.1, -0.05) is 12.1 Å². The molecule has 1 rings (SSSR count). The fourth-order valence-electron chi connectivity index (χ4n) is 1.08. The Bertz CT molecular complexity index is 308. The van der Waals surface area contributed by atoms with E-state index in [0.29, 0.717) is 0 Å². The summed E-state index contributed by atoms with van der Waals surface area (Å²) in [5.74, 6) is 0.850. The van der Waals surface area contributed by atoms with Gasteiger partial charge in [-0.15, -0.1) is 0 Å². The quantitative estimate of drug-likeness (QED) is 0.564. The van der Waals surface area contributed by atoms with Crippen LogP contribution in [0.3, 0.4) is 0 Å². The molecule has 0 aliphatic rings. The number of nitrogens with one attached hydrogen (secondary N) is 1. The van der Waals surface area contributed by atoms with Crippen LogP contribution in [0.2, 0.25) is 0 Å². The van der Waals surface area contributed by atoms with Gasteiger partial charge in [0.05, 0.1) is 12.8 Å². The predicted octanol–water partition coefficient (Wildman–Crippen LogP) is 1.64. The number of ether oxygens (including phenoxy) is 1. The highest BCUT2D eigenvalue weighted by atomic mass is 16.5. The maximum atomic E-state index is 5.11. The molecular formula is C10H14N2O. The maximum absolute atomic E-state index is 5.11. The lowest BCUT2D eigenvalue weighted by molar-refractivity contribution is 0.414. The van der Waals surface area contributed by atoms with Crippen LogP contribution in [0.25, 0.3) is 0 Å². The molecule has 3 heteroatoms. The van der Waals surface area contributed by atoms with Gasteiger partial charge in [-0.05, 0) is 19.1 Å². The lowest BCUT2D eigenvalue weighted by atomic mass is 10.1. The molecule has 0 bridgehead atoms. The Morgan fingerprint density at radius 2 is 2.23 bits per heavy atom. The molecule has 0 amide bonds. The van der Waals surface area contributed by atoms with Crippen LogP contribution in [0.1, 0.15) is 12.5 Å². The second kappa shape index (κ2) is 4.50. The summed E-state index contributed by atoms with van der Waals surface area (Å²) in [4.78, 5) is 0. The highest BCUT2D eigenvalue weighted by Crippen LogP contribution is 2.12. The van der Waals surface area contributed by atoms with Crippen LogP contribution in [0, 0.1) is 0 Å². The third kappa shape index (κ3) is 2.47. The van der Waals surface area contributed by atoms with Crippen LogP contribution in [0.15, 0.2) is 29.4 Å². The number of benzene rings is 1. The molecule has 1 aromatic carbocycles. The Labute approximate surface area is 78.4 Å². The number of nitrogens with zero attached hydrogens (tertiary/aromatic N) is 1. The van der Waals surface area contributed by atoms with Crippen molar-refractivity contribution in [2.24, 2.45) is 5.10 Å². The highest BCUT2D eigenvalue weighted by Gasteiger charge is 1.98. The van der Waals surface area contributed by atoms with Crippen molar-refractivity contribution in [2.45, 2.75) is 6.92 Å². The van der Waals surface area contributed by atoms with Gasteiger partial charge in [0.1, 0.15) is 5.75 Å². The minimum absolute atomic E-state index is 0.850. The van der Waals surface area contributed by atoms with Crippen LogP contribution in [-0.2, 0) is 0 Å². The zero-order valence-corrected chi connectivity index (χ0v) is 8.16. The Hall–Kier alpha value is -1.51. The lowest BCUT2D eigenvalue weighted by Gasteiger charge is -2.03. The topological polar surface area (TPSA) is 33.6 Å². The fourth-order valence-corrected chi connectivity index (χ4v) is 1.08. The van der Waals surface area contributed by atoms with Crippen molar-refractivity contribution in [1.82, 2.24) is 5.43 Å². The summed E-state index contributed by atoms with van der Waals surface area (Å²) in [6, 6.07) is 7.81. The molecule has 70 valence electrons. The van der Waals surface area contributed by atoms with Gasteiger partial charge in [0.2, 0.25) is 0 Å². The zero-order chi connectivity index (χ0) is 9.68. The average Bonchev–Trinajstić information content (AvgIpc) is 2.18. The molecule has 0 aliphatic carbocycles. The minimum atomic E-state index is 0.850. The van der Waals surface area contributed by atoms with E-state index in [1.807, 2.05) is 31.2 Å². The van der Waals surface area contributed by atoms with Crippen LogP contribution in [-0.4, -0.2) is 19.9 Å². The first-order chi connectivity index (χ1) is 6.27. The third-order valence-electron chi connectivity index (χ3n) is 1.77. The third-order valence-corrected chi connectivity index (χ3v) is 1.77. The molecule has 0 unspecified atom stereocenters. The van der Waals surface area contributed by atoms with E-state index in [2.05, 4.69) is 10.5 Å². The van der Waals surface area contributed by atoms with E-state index in [1.54, 1.807) is 14.2 Å². The predicted molar refractivity (Wildman–Crippen MR) is 54.3 cm³/mol. The number of rotatable bonds is 3. The molecule has 1 aromatic rings. The van der Waals surface area contributed by atoms with E-state index in [1.165, 1.54) is 0 Å². The van der Waals surface area contributed by atoms with E-state index in [4.69, 9.17) is 4.74 Å². The first kappa shape index (κ1) is 9.58. The summed E-state index contributed by atoms with van der Waals surface area (Å²) in [5, 5.41) is 4.08. The van der Waals surface area contributed by atoms with Crippen LogP contribution in [0.4, 0.5) is 0 Å². The number of methoxy groups -OCH3 is 1. The SMILES string of the molecule is CN/N=C(/C)c1cccc(OC)c1. The minimum Gasteiger partial charge on any atom is -0.497 e. The van der Waals surface area contributed by atoms with Crippen molar-refractivity contribution in [3.63, 3.8) is 0 Å². The average molecular weight is 178 g/mol. The Morgan fingerprint density at radius 3 is 2.85 bits per heavy atom. The van der Waals surface area contributed by atoms with Gasteiger partial charge in [0.25, 0.3) is 0 Å². The zero-order valence-electron chi connectivity index (χ0n) is 8.16. The second-order valence-electron chi connectivity index (χ2n) is 2.65. The first-order valence-electron chi connectivity index (χ1n) is 4.13. The normalized spacial score (nSPS) is 11.2. The Kier molecular flexibility index (Phi) is 3.31. The van der Waals surface area contributed by atoms with Gasteiger partial charge in [0.15, 0.2) is 0 Å². The van der Waals surface area contributed by atoms with E-state index >= 15 is 0 Å². The van der Waals surface area contributed by atoms with Crippen molar-refractivity contribution >= 4 is 5.71 Å². The van der Waals surface area contributed by atoms with Crippen molar-refractivity contribution < 1.29 is 4.74 Å². The number of hydrazone groups is 1. The van der Waals surface area contributed by atoms with Gasteiger partial charge in [-0.2, -0.15) is 5.10 Å². The standard InChI is InChI=1S/C10H14N2O/c1-8(12-11-2)9-5-4-6-10(7-9)13-3/h4-7,11H,1-3H3/b12-8-. The molecule has 0 saturated carbocycles. The molecule has 0 aliphatic heterocycles. The fraction of sp³-hybridized carbons (Fsp3) is 0.300. The lowest BCUT2D eigenvalue weighted by Crippen LogP contribution is -2.03. The van der Waals surface area contributed by atoms with Gasteiger partial charge >= 0.3 is 0 Å². The molecule has 0 radical (unpaired) electrons. The van der Waals surface area contributed by atoms with E-state index in [9.17, 15) is 0 Å². The molecular weight excluding hydrogens is 164 g/mol. The monoisotopic (exact) mass is 178 g/mol. The summed E-state index contributed by atoms with van der Waals surface area (Å²) >= 11 is 0. The smallest absolute Gasteiger partial charge is 0.119 e. The van der Waals surface area contributed by atoms with Gasteiger partial charge < -0.3 is 10.2 Å². The second-order valence-corrected chi connectivity index (χ2v) is 2.65. The van der Waals surface area contributed by atoms with E-state index in [0.717, 1.165) is 17.0 Å². The summed E-state index contributed by atoms with van der Waals surface area (Å²) < 4.78 is 5.11. The highest BCUT2D eigenvalue weighted by molar-refractivity contribution is 5.98. The summed E-state index contributed by atoms with van der Waals surface area (Å²) in [5.41, 5.74) is 4.76. The van der Waals surface area contributed by atoms with Crippen molar-refractivity contribution in [3.05, 3.63) is 29.8 Å². The molecule has 0 saturated heterocycles. The number of hydrogen-bond donors (Lipinski definition) is 1. The van der Waals surface area contributed by atoms with Crippen molar-refractivity contribution in [2.75, 3.05) is 14.2 Å². The van der Waals surface area contributed by atoms with Gasteiger partial charge in [-0.25, -0.2) is 0 Å². The molecule has 0 fully saturated rings. The van der Waals surface area contributed by atoms with Crippen molar-refractivity contribution in [1.29, 1.82) is 0 Å². The van der Waals surface area contributed by atoms with E-state index in [-0.39, 0.29) is 0 Å². The Balaban J connectivity index is 2.94. The molecule has 0 aromatic heterocycles. The van der Waals surface area contributed by atoms with Crippen molar-refractivity contribution in [3.8, 4) is 5.75 Å².